The molecular formula is C5H12N2O. The van der Waals surface area contributed by atoms with E-state index in [2.05, 4.69) is 5.18 Å². The van der Waals surface area contributed by atoms with Crippen molar-refractivity contribution >= 4 is 0 Å². The minimum absolute atomic E-state index is 0.0625. The maximum atomic E-state index is 9.59. The largest absolute Gasteiger partial charge is 0.326 e. The molecular weight excluding hydrogens is 104 g/mol. The highest BCUT2D eigenvalue weighted by Gasteiger charge is 2.05. The molecule has 3 heteroatoms. The molecule has 0 aliphatic rings. The summed E-state index contributed by atoms with van der Waals surface area (Å²) in [6.45, 7) is 4.17. The fourth-order valence-corrected chi connectivity index (χ4v) is 0.297. The molecule has 0 saturated carbocycles. The lowest BCUT2D eigenvalue weighted by Gasteiger charge is -2.09. The minimum atomic E-state index is -0.0625. The third-order valence-corrected chi connectivity index (χ3v) is 1.14. The first-order valence-electron chi connectivity index (χ1n) is 2.73. The van der Waals surface area contributed by atoms with E-state index < -0.39 is 0 Å². The van der Waals surface area contributed by atoms with Gasteiger partial charge in [-0.1, -0.05) is 19.0 Å². The van der Waals surface area contributed by atoms with E-state index in [1.807, 2.05) is 13.8 Å². The molecule has 0 aromatic carbocycles. The van der Waals surface area contributed by atoms with Crippen LogP contribution in [0.2, 0.25) is 0 Å². The maximum absolute atomic E-state index is 9.59. The molecule has 0 aliphatic carbocycles. The molecule has 0 spiro atoms. The van der Waals surface area contributed by atoms with Gasteiger partial charge in [0.05, 0.1) is 6.54 Å². The predicted molar refractivity (Wildman–Crippen MR) is 33.5 cm³/mol. The number of nitrogens with zero attached hydrogens (tertiary/aromatic N) is 1. The Labute approximate surface area is 49.2 Å². The van der Waals surface area contributed by atoms with Crippen molar-refractivity contribution in [3.63, 3.8) is 0 Å². The molecule has 0 unspecified atom stereocenters. The zero-order chi connectivity index (χ0) is 6.57. The quantitative estimate of drug-likeness (QED) is 0.553. The molecule has 0 amide bonds. The van der Waals surface area contributed by atoms with Crippen molar-refractivity contribution in [2.75, 3.05) is 6.54 Å². The van der Waals surface area contributed by atoms with Gasteiger partial charge >= 0.3 is 0 Å². The molecule has 0 aliphatic heterocycles. The zero-order valence-electron chi connectivity index (χ0n) is 5.29. The summed E-state index contributed by atoms with van der Waals surface area (Å²) in [5.41, 5.74) is 5.43. The summed E-state index contributed by atoms with van der Waals surface area (Å²) in [5, 5.41) is 2.68. The van der Waals surface area contributed by atoms with Gasteiger partial charge in [0, 0.05) is 6.04 Å². The van der Waals surface area contributed by atoms with Crippen LogP contribution in [0.15, 0.2) is 5.18 Å². The van der Waals surface area contributed by atoms with Crippen LogP contribution < -0.4 is 5.73 Å². The first-order valence-corrected chi connectivity index (χ1v) is 2.73. The minimum Gasteiger partial charge on any atom is -0.326 e. The third-order valence-electron chi connectivity index (χ3n) is 1.14. The van der Waals surface area contributed by atoms with E-state index in [4.69, 9.17) is 5.73 Å². The Morgan fingerprint density at radius 1 is 1.62 bits per heavy atom. The summed E-state index contributed by atoms with van der Waals surface area (Å²) in [6.07, 6.45) is 0. The smallest absolute Gasteiger partial charge is 0.0964 e. The van der Waals surface area contributed by atoms with Crippen molar-refractivity contribution in [3.05, 3.63) is 4.91 Å². The lowest BCUT2D eigenvalue weighted by molar-refractivity contribution is 0.501. The SMILES string of the molecule is CC(C)[C@H](N)CN=O. The van der Waals surface area contributed by atoms with Crippen molar-refractivity contribution in [1.29, 1.82) is 0 Å². The van der Waals surface area contributed by atoms with Crippen molar-refractivity contribution in [3.8, 4) is 0 Å². The number of rotatable bonds is 3. The van der Waals surface area contributed by atoms with Crippen LogP contribution in [0.5, 0.6) is 0 Å². The van der Waals surface area contributed by atoms with Crippen LogP contribution in [-0.2, 0) is 0 Å². The molecule has 8 heavy (non-hydrogen) atoms. The normalized spacial score (nSPS) is 14.0. The summed E-state index contributed by atoms with van der Waals surface area (Å²) in [7, 11) is 0. The highest BCUT2D eigenvalue weighted by molar-refractivity contribution is 4.66. The molecule has 48 valence electrons. The van der Waals surface area contributed by atoms with Crippen molar-refractivity contribution in [1.82, 2.24) is 0 Å². The van der Waals surface area contributed by atoms with Gasteiger partial charge in [-0.25, -0.2) is 0 Å². The molecule has 0 rings (SSSR count). The average molecular weight is 116 g/mol. The van der Waals surface area contributed by atoms with Crippen LogP contribution in [-0.4, -0.2) is 12.6 Å². The van der Waals surface area contributed by atoms with Crippen LogP contribution in [0.1, 0.15) is 13.8 Å². The van der Waals surface area contributed by atoms with Gasteiger partial charge in [0.25, 0.3) is 0 Å². The highest BCUT2D eigenvalue weighted by atomic mass is 16.3. The molecule has 3 nitrogen and oxygen atoms in total. The molecule has 0 heterocycles. The van der Waals surface area contributed by atoms with Gasteiger partial charge < -0.3 is 5.73 Å². The molecule has 1 atom stereocenters. The second-order valence-electron chi connectivity index (χ2n) is 2.22. The molecule has 0 bridgehead atoms. The van der Waals surface area contributed by atoms with Crippen molar-refractivity contribution < 1.29 is 0 Å². The Bertz CT molecular complexity index is 72.8. The van der Waals surface area contributed by atoms with Crippen LogP contribution >= 0.6 is 0 Å². The Kier molecular flexibility index (Phi) is 3.35. The Hall–Kier alpha value is -0.440. The second kappa shape index (κ2) is 3.55. The fourth-order valence-electron chi connectivity index (χ4n) is 0.297. The van der Waals surface area contributed by atoms with E-state index in [-0.39, 0.29) is 12.6 Å². The predicted octanol–water partition coefficient (Wildman–Crippen LogP) is 0.736. The number of nitrogens with two attached hydrogens (primary N) is 1. The molecule has 2 N–H and O–H groups in total. The van der Waals surface area contributed by atoms with E-state index in [1.165, 1.54) is 0 Å². The first kappa shape index (κ1) is 7.56. The highest BCUT2D eigenvalue weighted by Crippen LogP contribution is 1.96. The lowest BCUT2D eigenvalue weighted by Crippen LogP contribution is -2.29. The summed E-state index contributed by atoms with van der Waals surface area (Å²) >= 11 is 0. The van der Waals surface area contributed by atoms with Gasteiger partial charge in [-0.15, -0.1) is 0 Å². The van der Waals surface area contributed by atoms with Crippen LogP contribution in [0, 0.1) is 10.8 Å². The zero-order valence-corrected chi connectivity index (χ0v) is 5.29. The van der Waals surface area contributed by atoms with E-state index in [0.717, 1.165) is 0 Å². The van der Waals surface area contributed by atoms with Gasteiger partial charge in [-0.05, 0) is 5.92 Å². The van der Waals surface area contributed by atoms with Gasteiger partial charge in [0.2, 0.25) is 0 Å². The molecule has 0 aromatic heterocycles. The van der Waals surface area contributed by atoms with E-state index in [0.29, 0.717) is 5.92 Å². The van der Waals surface area contributed by atoms with Crippen molar-refractivity contribution in [2.45, 2.75) is 19.9 Å². The topological polar surface area (TPSA) is 55.4 Å². The monoisotopic (exact) mass is 116 g/mol. The Morgan fingerprint density at radius 3 is 2.25 bits per heavy atom. The fraction of sp³-hybridized carbons (Fsp3) is 1.00. The van der Waals surface area contributed by atoms with Gasteiger partial charge in [-0.3, -0.25) is 0 Å². The third kappa shape index (κ3) is 2.69. The maximum Gasteiger partial charge on any atom is 0.0964 e. The van der Waals surface area contributed by atoms with Gasteiger partial charge in [0.1, 0.15) is 0 Å². The van der Waals surface area contributed by atoms with Crippen LogP contribution in [0.4, 0.5) is 0 Å². The van der Waals surface area contributed by atoms with E-state index in [9.17, 15) is 4.91 Å². The summed E-state index contributed by atoms with van der Waals surface area (Å²) < 4.78 is 0. The van der Waals surface area contributed by atoms with Crippen LogP contribution in [0.25, 0.3) is 0 Å². The summed E-state index contributed by atoms with van der Waals surface area (Å²) in [5.74, 6) is 0.354. The van der Waals surface area contributed by atoms with Crippen LogP contribution in [0.3, 0.4) is 0 Å². The molecule has 0 radical (unpaired) electrons. The van der Waals surface area contributed by atoms with Gasteiger partial charge in [-0.2, -0.15) is 4.91 Å². The molecule has 0 aromatic rings. The number of nitroso groups, excluding NO2 is 1. The Balaban J connectivity index is 3.30. The molecule has 0 fully saturated rings. The second-order valence-corrected chi connectivity index (χ2v) is 2.22. The average Bonchev–Trinajstić information content (AvgIpc) is 1.67. The summed E-state index contributed by atoms with van der Waals surface area (Å²) in [4.78, 5) is 9.59. The first-order chi connectivity index (χ1) is 3.68. The van der Waals surface area contributed by atoms with Gasteiger partial charge in [0.15, 0.2) is 0 Å². The van der Waals surface area contributed by atoms with E-state index in [1.54, 1.807) is 0 Å². The van der Waals surface area contributed by atoms with Crippen molar-refractivity contribution in [2.24, 2.45) is 16.8 Å². The molecule has 0 saturated heterocycles. The Morgan fingerprint density at radius 2 is 2.12 bits per heavy atom. The number of hydrogen-bond donors (Lipinski definition) is 1. The lowest BCUT2D eigenvalue weighted by atomic mass is 10.1. The standard InChI is InChI=1S/C5H12N2O/c1-4(2)5(6)3-7-8/h4-5H,3,6H2,1-2H3/t5-/m1/s1. The summed E-state index contributed by atoms with van der Waals surface area (Å²) in [6, 6.07) is -0.0625. The van der Waals surface area contributed by atoms with E-state index >= 15 is 0 Å². The number of hydrogen-bond acceptors (Lipinski definition) is 3.